The summed E-state index contributed by atoms with van der Waals surface area (Å²) in [6.07, 6.45) is 11.6. The van der Waals surface area contributed by atoms with Crippen molar-refractivity contribution in [2.75, 3.05) is 0 Å². The van der Waals surface area contributed by atoms with Crippen molar-refractivity contribution in [3.05, 3.63) is 17.5 Å². The molecule has 4 aliphatic carbocycles. The number of fused-ring (bicyclic) bond motifs is 6. The zero-order valence-corrected chi connectivity index (χ0v) is 15.3. The first-order valence-electron chi connectivity index (χ1n) is 10.00. The average Bonchev–Trinajstić information content (AvgIpc) is 3.06. The van der Waals surface area contributed by atoms with E-state index in [0.29, 0.717) is 11.3 Å². The molecule has 132 valence electrons. The molecule has 0 aliphatic heterocycles. The van der Waals surface area contributed by atoms with Crippen LogP contribution in [0.25, 0.3) is 0 Å². The van der Waals surface area contributed by atoms with E-state index in [-0.39, 0.29) is 5.41 Å². The standard InChI is InChI=1S/C21H31NO2/c1-19-11-13-12-24-22-18(13)10-14(19)4-5-15-16(19)6-8-20(2)17(15)7-9-21(20,3)23/h12,14-17,23H,4-11H2,1-3H3/t14-,15-,16+,17-,19-,20+,21+/m0/s1. The number of nitrogens with zero attached hydrogens (tertiary/aromatic N) is 1. The summed E-state index contributed by atoms with van der Waals surface area (Å²) in [6, 6.07) is 0. The molecule has 1 aromatic heterocycles. The predicted octanol–water partition coefficient (Wildman–Crippen LogP) is 4.38. The third kappa shape index (κ3) is 1.75. The Balaban J connectivity index is 1.50. The molecule has 0 radical (unpaired) electrons. The molecule has 24 heavy (non-hydrogen) atoms. The van der Waals surface area contributed by atoms with Gasteiger partial charge in [-0.05, 0) is 92.8 Å². The molecule has 1 N–H and O–H groups in total. The zero-order valence-electron chi connectivity index (χ0n) is 15.3. The van der Waals surface area contributed by atoms with Gasteiger partial charge in [-0.3, -0.25) is 0 Å². The van der Waals surface area contributed by atoms with Gasteiger partial charge >= 0.3 is 0 Å². The second-order valence-corrected chi connectivity index (χ2v) is 10.1. The predicted molar refractivity (Wildman–Crippen MR) is 92.4 cm³/mol. The first-order valence-corrected chi connectivity index (χ1v) is 10.00. The normalized spacial score (nSPS) is 53.0. The van der Waals surface area contributed by atoms with Gasteiger partial charge in [0.25, 0.3) is 0 Å². The minimum Gasteiger partial charge on any atom is -0.390 e. The topological polar surface area (TPSA) is 46.3 Å². The molecule has 3 heteroatoms. The highest BCUT2D eigenvalue weighted by Crippen LogP contribution is 2.67. The third-order valence-electron chi connectivity index (χ3n) is 9.37. The van der Waals surface area contributed by atoms with Crippen molar-refractivity contribution in [3.8, 4) is 0 Å². The average molecular weight is 329 g/mol. The Labute approximate surface area is 145 Å². The Kier molecular flexibility index (Phi) is 3.00. The fraction of sp³-hybridized carbons (Fsp3) is 0.857. The van der Waals surface area contributed by atoms with Gasteiger partial charge in [0, 0.05) is 5.56 Å². The van der Waals surface area contributed by atoms with E-state index in [2.05, 4.69) is 25.9 Å². The second-order valence-electron chi connectivity index (χ2n) is 10.1. The van der Waals surface area contributed by atoms with Crippen LogP contribution >= 0.6 is 0 Å². The van der Waals surface area contributed by atoms with Crippen LogP contribution in [0.3, 0.4) is 0 Å². The molecule has 1 aromatic rings. The van der Waals surface area contributed by atoms with E-state index in [4.69, 9.17) is 4.52 Å². The minimum absolute atomic E-state index is 0.133. The van der Waals surface area contributed by atoms with Gasteiger partial charge in [-0.1, -0.05) is 19.0 Å². The molecule has 0 saturated heterocycles. The van der Waals surface area contributed by atoms with Gasteiger partial charge in [0.05, 0.1) is 11.3 Å². The fourth-order valence-electron chi connectivity index (χ4n) is 7.63. The van der Waals surface area contributed by atoms with Crippen molar-refractivity contribution in [2.45, 2.75) is 77.7 Å². The van der Waals surface area contributed by atoms with Gasteiger partial charge in [-0.15, -0.1) is 0 Å². The summed E-state index contributed by atoms with van der Waals surface area (Å²) in [5, 5.41) is 15.3. The molecule has 1 heterocycles. The SMILES string of the molecule is C[C@]12Cc3conc3C[C@@H]1CC[C@H]1[C@H]2CC[C@]2(C)[C@H]1CC[C@@]2(C)O. The lowest BCUT2D eigenvalue weighted by Gasteiger charge is -2.60. The van der Waals surface area contributed by atoms with Crippen LogP contribution in [0, 0.1) is 34.5 Å². The Morgan fingerprint density at radius 2 is 1.88 bits per heavy atom. The van der Waals surface area contributed by atoms with Gasteiger partial charge in [0.15, 0.2) is 0 Å². The smallest absolute Gasteiger partial charge is 0.127 e. The summed E-state index contributed by atoms with van der Waals surface area (Å²) in [4.78, 5) is 0. The quantitative estimate of drug-likeness (QED) is 0.768. The summed E-state index contributed by atoms with van der Waals surface area (Å²) in [5.74, 6) is 3.10. The summed E-state index contributed by atoms with van der Waals surface area (Å²) in [7, 11) is 0. The van der Waals surface area contributed by atoms with Crippen LogP contribution in [-0.2, 0) is 12.8 Å². The summed E-state index contributed by atoms with van der Waals surface area (Å²) >= 11 is 0. The van der Waals surface area contributed by atoms with Gasteiger partial charge in [-0.25, -0.2) is 0 Å². The lowest BCUT2D eigenvalue weighted by atomic mass is 9.44. The van der Waals surface area contributed by atoms with Crippen molar-refractivity contribution in [3.63, 3.8) is 0 Å². The number of rotatable bonds is 0. The summed E-state index contributed by atoms with van der Waals surface area (Å²) in [5.41, 5.74) is 2.65. The van der Waals surface area contributed by atoms with E-state index >= 15 is 0 Å². The molecule has 0 spiro atoms. The van der Waals surface area contributed by atoms with E-state index in [0.717, 1.165) is 37.0 Å². The summed E-state index contributed by atoms with van der Waals surface area (Å²) in [6.45, 7) is 7.04. The first-order chi connectivity index (χ1) is 11.4. The molecule has 0 aromatic carbocycles. The second kappa shape index (κ2) is 4.66. The molecule has 0 amide bonds. The number of aliphatic hydroxyl groups is 1. The number of hydrogen-bond donors (Lipinski definition) is 1. The highest BCUT2D eigenvalue weighted by atomic mass is 16.5. The molecule has 0 unspecified atom stereocenters. The van der Waals surface area contributed by atoms with Crippen LogP contribution in [-0.4, -0.2) is 15.9 Å². The Morgan fingerprint density at radius 3 is 2.71 bits per heavy atom. The van der Waals surface area contributed by atoms with E-state index in [9.17, 15) is 5.11 Å². The van der Waals surface area contributed by atoms with Crippen LogP contribution in [0.4, 0.5) is 0 Å². The van der Waals surface area contributed by atoms with E-state index in [1.54, 1.807) is 0 Å². The van der Waals surface area contributed by atoms with Crippen molar-refractivity contribution in [2.24, 2.45) is 34.5 Å². The molecule has 7 atom stereocenters. The van der Waals surface area contributed by atoms with Crippen LogP contribution < -0.4 is 0 Å². The Morgan fingerprint density at radius 1 is 1.08 bits per heavy atom. The van der Waals surface area contributed by atoms with Crippen molar-refractivity contribution in [1.29, 1.82) is 0 Å². The molecule has 0 bridgehead atoms. The molecule has 3 nitrogen and oxygen atoms in total. The highest BCUT2D eigenvalue weighted by molar-refractivity contribution is 5.25. The minimum atomic E-state index is -0.464. The number of hydrogen-bond acceptors (Lipinski definition) is 3. The maximum Gasteiger partial charge on any atom is 0.127 e. The van der Waals surface area contributed by atoms with Crippen LogP contribution in [0.5, 0.6) is 0 Å². The van der Waals surface area contributed by atoms with Gasteiger partial charge in [-0.2, -0.15) is 0 Å². The van der Waals surface area contributed by atoms with Crippen molar-refractivity contribution < 1.29 is 9.63 Å². The first kappa shape index (κ1) is 15.4. The van der Waals surface area contributed by atoms with E-state index in [1.165, 1.54) is 43.4 Å². The fourth-order valence-corrected chi connectivity index (χ4v) is 7.63. The molecule has 3 fully saturated rings. The summed E-state index contributed by atoms with van der Waals surface area (Å²) < 4.78 is 5.28. The van der Waals surface area contributed by atoms with Crippen LogP contribution in [0.2, 0.25) is 0 Å². The van der Waals surface area contributed by atoms with Crippen molar-refractivity contribution >= 4 is 0 Å². The highest BCUT2D eigenvalue weighted by Gasteiger charge is 2.63. The van der Waals surface area contributed by atoms with E-state index < -0.39 is 5.60 Å². The maximum atomic E-state index is 11.0. The maximum absolute atomic E-state index is 11.0. The Bertz CT molecular complexity index is 665. The van der Waals surface area contributed by atoms with Gasteiger partial charge in [0.2, 0.25) is 0 Å². The zero-order chi connectivity index (χ0) is 16.7. The molecular weight excluding hydrogens is 298 g/mol. The Hall–Kier alpha value is -0.830. The monoisotopic (exact) mass is 329 g/mol. The van der Waals surface area contributed by atoms with Gasteiger partial charge in [0.1, 0.15) is 6.26 Å². The van der Waals surface area contributed by atoms with E-state index in [1.807, 2.05) is 6.26 Å². The molecule has 3 saturated carbocycles. The van der Waals surface area contributed by atoms with Crippen LogP contribution in [0.1, 0.15) is 70.6 Å². The number of aromatic nitrogens is 1. The molecule has 4 aliphatic rings. The van der Waals surface area contributed by atoms with Crippen LogP contribution in [0.15, 0.2) is 10.8 Å². The lowest BCUT2D eigenvalue weighted by Crippen LogP contribution is -2.56. The molecular formula is C21H31NO2. The largest absolute Gasteiger partial charge is 0.390 e. The lowest BCUT2D eigenvalue weighted by molar-refractivity contribution is -0.139. The molecule has 5 rings (SSSR count). The third-order valence-corrected chi connectivity index (χ3v) is 9.37. The van der Waals surface area contributed by atoms with Gasteiger partial charge < -0.3 is 9.63 Å². The van der Waals surface area contributed by atoms with Crippen molar-refractivity contribution in [1.82, 2.24) is 5.16 Å².